The second-order valence-electron chi connectivity index (χ2n) is 6.67. The largest absolute Gasteiger partial charge is 0.457 e. The number of halogens is 1. The van der Waals surface area contributed by atoms with Gasteiger partial charge in [-0.25, -0.2) is 0 Å². The maximum absolute atomic E-state index is 6.26. The lowest BCUT2D eigenvalue weighted by Gasteiger charge is -2.30. The molecular formula is C22H23ClN2OS. The molecule has 1 unspecified atom stereocenters. The molecule has 1 aliphatic rings. The summed E-state index contributed by atoms with van der Waals surface area (Å²) in [5, 5.41) is 3.50. The molecule has 2 heterocycles. The van der Waals surface area contributed by atoms with Gasteiger partial charge in [0.25, 0.3) is 0 Å². The normalized spacial score (nSPS) is 16.6. The van der Waals surface area contributed by atoms with Crippen LogP contribution in [0.5, 0.6) is 11.5 Å². The molecule has 0 saturated carbocycles. The molecule has 0 bridgehead atoms. The van der Waals surface area contributed by atoms with Crippen molar-refractivity contribution in [1.82, 2.24) is 10.2 Å². The molecular weight excluding hydrogens is 376 g/mol. The van der Waals surface area contributed by atoms with Gasteiger partial charge in [-0.3, -0.25) is 4.90 Å². The molecule has 1 aliphatic heterocycles. The summed E-state index contributed by atoms with van der Waals surface area (Å²) >= 11 is 7.93. The summed E-state index contributed by atoms with van der Waals surface area (Å²) in [6, 6.07) is 22.7. The molecule has 4 rings (SSSR count). The maximum Gasteiger partial charge on any atom is 0.127 e. The summed E-state index contributed by atoms with van der Waals surface area (Å²) in [6.45, 7) is 4.17. The molecule has 2 aromatic carbocycles. The fourth-order valence-corrected chi connectivity index (χ4v) is 4.75. The highest BCUT2D eigenvalue weighted by atomic mass is 35.5. The number of nitrogens with zero attached hydrogens (tertiary/aromatic N) is 1. The molecule has 1 N–H and O–H groups in total. The van der Waals surface area contributed by atoms with Crippen LogP contribution in [0.25, 0.3) is 0 Å². The molecule has 5 heteroatoms. The van der Waals surface area contributed by atoms with Crippen LogP contribution < -0.4 is 10.1 Å². The van der Waals surface area contributed by atoms with E-state index in [1.54, 1.807) is 11.3 Å². The van der Waals surface area contributed by atoms with E-state index in [1.165, 1.54) is 10.4 Å². The number of nitrogens with one attached hydrogen (secondary N) is 1. The second-order valence-corrected chi connectivity index (χ2v) is 8.42. The zero-order valence-electron chi connectivity index (χ0n) is 15.1. The zero-order chi connectivity index (χ0) is 18.5. The minimum absolute atomic E-state index is 0.196. The standard InChI is InChI=1S/C22H23ClN2OS/c23-21-11-10-20(27-21)22(25-14-5-12-24-13-15-25)17-6-4-9-19(16-17)26-18-7-2-1-3-8-18/h1-4,6-11,16,22,24H,5,12-15H2. The van der Waals surface area contributed by atoms with E-state index in [1.807, 2.05) is 42.5 Å². The number of para-hydroxylation sites is 1. The lowest BCUT2D eigenvalue weighted by molar-refractivity contribution is 0.243. The quantitative estimate of drug-likeness (QED) is 0.607. The lowest BCUT2D eigenvalue weighted by Crippen LogP contribution is -2.32. The van der Waals surface area contributed by atoms with Gasteiger partial charge < -0.3 is 10.1 Å². The number of hydrogen-bond acceptors (Lipinski definition) is 4. The van der Waals surface area contributed by atoms with Gasteiger partial charge in [0.05, 0.1) is 10.4 Å². The number of benzene rings is 2. The van der Waals surface area contributed by atoms with Gasteiger partial charge in [-0.2, -0.15) is 0 Å². The Morgan fingerprint density at radius 3 is 2.59 bits per heavy atom. The van der Waals surface area contributed by atoms with Crippen molar-refractivity contribution in [2.45, 2.75) is 12.5 Å². The van der Waals surface area contributed by atoms with Crippen molar-refractivity contribution in [3.05, 3.63) is 81.5 Å². The summed E-state index contributed by atoms with van der Waals surface area (Å²) in [4.78, 5) is 3.82. The van der Waals surface area contributed by atoms with Crippen molar-refractivity contribution in [2.24, 2.45) is 0 Å². The first-order chi connectivity index (χ1) is 13.3. The monoisotopic (exact) mass is 398 g/mol. The third-order valence-electron chi connectivity index (χ3n) is 4.76. The Kier molecular flexibility index (Phi) is 6.10. The van der Waals surface area contributed by atoms with Crippen LogP contribution in [0.4, 0.5) is 0 Å². The molecule has 1 aromatic heterocycles. The lowest BCUT2D eigenvalue weighted by atomic mass is 10.0. The minimum atomic E-state index is 0.196. The van der Waals surface area contributed by atoms with Crippen LogP contribution in [0.2, 0.25) is 4.34 Å². The Morgan fingerprint density at radius 1 is 0.926 bits per heavy atom. The van der Waals surface area contributed by atoms with Gasteiger partial charge in [0.2, 0.25) is 0 Å². The third-order valence-corrected chi connectivity index (χ3v) is 6.04. The van der Waals surface area contributed by atoms with E-state index < -0.39 is 0 Å². The van der Waals surface area contributed by atoms with Crippen molar-refractivity contribution < 1.29 is 4.74 Å². The maximum atomic E-state index is 6.26. The summed E-state index contributed by atoms with van der Waals surface area (Å²) in [5.74, 6) is 1.71. The minimum Gasteiger partial charge on any atom is -0.457 e. The van der Waals surface area contributed by atoms with Crippen molar-refractivity contribution in [2.75, 3.05) is 26.2 Å². The molecule has 140 valence electrons. The van der Waals surface area contributed by atoms with Crippen LogP contribution in [0.1, 0.15) is 22.9 Å². The molecule has 3 nitrogen and oxygen atoms in total. The number of rotatable bonds is 5. The highest BCUT2D eigenvalue weighted by molar-refractivity contribution is 7.16. The Balaban J connectivity index is 1.66. The van der Waals surface area contributed by atoms with E-state index in [4.69, 9.17) is 16.3 Å². The molecule has 0 amide bonds. The van der Waals surface area contributed by atoms with E-state index in [0.29, 0.717) is 0 Å². The average molecular weight is 399 g/mol. The van der Waals surface area contributed by atoms with E-state index in [9.17, 15) is 0 Å². The fourth-order valence-electron chi connectivity index (χ4n) is 3.53. The summed E-state index contributed by atoms with van der Waals surface area (Å²) in [5.41, 5.74) is 1.24. The molecule has 1 fully saturated rings. The SMILES string of the molecule is Clc1ccc(C(c2cccc(Oc3ccccc3)c2)N2CCCNCC2)s1. The fraction of sp³-hybridized carbons (Fsp3) is 0.273. The van der Waals surface area contributed by atoms with E-state index in [2.05, 4.69) is 34.5 Å². The molecule has 3 aromatic rings. The predicted molar refractivity (Wildman–Crippen MR) is 113 cm³/mol. The summed E-state index contributed by atoms with van der Waals surface area (Å²) in [6.07, 6.45) is 1.15. The highest BCUT2D eigenvalue weighted by Crippen LogP contribution is 2.37. The Hall–Kier alpha value is -1.85. The predicted octanol–water partition coefficient (Wildman–Crippen LogP) is 5.58. The molecule has 0 aliphatic carbocycles. The first-order valence-corrected chi connectivity index (χ1v) is 10.5. The van der Waals surface area contributed by atoms with E-state index >= 15 is 0 Å². The van der Waals surface area contributed by atoms with Crippen LogP contribution in [0.15, 0.2) is 66.7 Å². The molecule has 0 spiro atoms. The van der Waals surface area contributed by atoms with E-state index in [0.717, 1.165) is 48.4 Å². The zero-order valence-corrected chi connectivity index (χ0v) is 16.7. The number of hydrogen-bond donors (Lipinski definition) is 1. The van der Waals surface area contributed by atoms with Crippen molar-refractivity contribution in [1.29, 1.82) is 0 Å². The van der Waals surface area contributed by atoms with Gasteiger partial charge in [0.1, 0.15) is 11.5 Å². The topological polar surface area (TPSA) is 24.5 Å². The van der Waals surface area contributed by atoms with Crippen LogP contribution >= 0.6 is 22.9 Å². The van der Waals surface area contributed by atoms with Gasteiger partial charge >= 0.3 is 0 Å². The van der Waals surface area contributed by atoms with Crippen LogP contribution in [0, 0.1) is 0 Å². The van der Waals surface area contributed by atoms with Crippen molar-refractivity contribution >= 4 is 22.9 Å². The Labute approximate surface area is 169 Å². The van der Waals surface area contributed by atoms with Crippen LogP contribution in [-0.2, 0) is 0 Å². The summed E-state index contributed by atoms with van der Waals surface area (Å²) in [7, 11) is 0. The number of ether oxygens (including phenoxy) is 1. The van der Waals surface area contributed by atoms with E-state index in [-0.39, 0.29) is 6.04 Å². The van der Waals surface area contributed by atoms with Gasteiger partial charge in [-0.05, 0) is 54.9 Å². The van der Waals surface area contributed by atoms with Gasteiger partial charge in [-0.15, -0.1) is 11.3 Å². The third kappa shape index (κ3) is 4.71. The molecule has 1 saturated heterocycles. The molecule has 0 radical (unpaired) electrons. The Morgan fingerprint density at radius 2 is 1.78 bits per heavy atom. The first-order valence-electron chi connectivity index (χ1n) is 9.32. The summed E-state index contributed by atoms with van der Waals surface area (Å²) < 4.78 is 6.90. The van der Waals surface area contributed by atoms with Gasteiger partial charge in [0, 0.05) is 24.5 Å². The second kappa shape index (κ2) is 8.89. The average Bonchev–Trinajstić information content (AvgIpc) is 2.94. The Bertz CT molecular complexity index is 860. The van der Waals surface area contributed by atoms with Crippen molar-refractivity contribution in [3.63, 3.8) is 0 Å². The molecule has 1 atom stereocenters. The smallest absolute Gasteiger partial charge is 0.127 e. The van der Waals surface area contributed by atoms with Crippen LogP contribution in [-0.4, -0.2) is 31.1 Å². The molecule has 27 heavy (non-hydrogen) atoms. The highest BCUT2D eigenvalue weighted by Gasteiger charge is 2.25. The first kappa shape index (κ1) is 18.5. The van der Waals surface area contributed by atoms with Gasteiger partial charge in [-0.1, -0.05) is 41.9 Å². The number of thiophene rings is 1. The van der Waals surface area contributed by atoms with Crippen LogP contribution in [0.3, 0.4) is 0 Å². The van der Waals surface area contributed by atoms with Crippen molar-refractivity contribution in [3.8, 4) is 11.5 Å². The van der Waals surface area contributed by atoms with Gasteiger partial charge in [0.15, 0.2) is 0 Å².